The van der Waals surface area contributed by atoms with Crippen molar-refractivity contribution in [3.8, 4) is 6.07 Å². The van der Waals surface area contributed by atoms with Crippen molar-refractivity contribution in [1.29, 1.82) is 5.26 Å². The SMILES string of the molecule is CB(O)N1CC(C)(CC(F)F)c2cc(Br)cc(C#N)c21. The average Bonchev–Trinajstić information content (AvgIpc) is 2.61. The topological polar surface area (TPSA) is 47.3 Å². The molecule has 1 aromatic rings. The highest BCUT2D eigenvalue weighted by Crippen LogP contribution is 2.47. The molecule has 1 aliphatic heterocycles. The smallest absolute Gasteiger partial charge is 0.409 e. The molecule has 1 aromatic carbocycles. The number of fused-ring (bicyclic) bond motifs is 1. The van der Waals surface area contributed by atoms with Gasteiger partial charge in [0.25, 0.3) is 0 Å². The van der Waals surface area contributed by atoms with Crippen molar-refractivity contribution in [3.63, 3.8) is 0 Å². The van der Waals surface area contributed by atoms with Crippen molar-refractivity contribution >= 4 is 28.7 Å². The monoisotopic (exact) mass is 342 g/mol. The van der Waals surface area contributed by atoms with Gasteiger partial charge in [0.15, 0.2) is 0 Å². The van der Waals surface area contributed by atoms with Crippen molar-refractivity contribution in [2.75, 3.05) is 11.4 Å². The van der Waals surface area contributed by atoms with E-state index in [0.29, 0.717) is 21.3 Å². The molecule has 0 aromatic heterocycles. The minimum atomic E-state index is -2.44. The Morgan fingerprint density at radius 2 is 2.25 bits per heavy atom. The van der Waals surface area contributed by atoms with Gasteiger partial charge in [-0.05, 0) is 24.5 Å². The van der Waals surface area contributed by atoms with Gasteiger partial charge in [0.05, 0.1) is 5.56 Å². The standard InChI is InChI=1S/C13H14BBrF2N2O/c1-13(5-11(16)17)7-19(14(2)20)12-8(6-18)3-9(15)4-10(12)13/h3-4,11,20H,5,7H2,1-2H3. The number of nitriles is 1. The second-order valence-electron chi connectivity index (χ2n) is 5.38. The third-order valence-corrected chi connectivity index (χ3v) is 4.17. The van der Waals surface area contributed by atoms with Crippen LogP contribution in [0.1, 0.15) is 24.5 Å². The first-order valence-electron chi connectivity index (χ1n) is 6.25. The Labute approximate surface area is 125 Å². The zero-order valence-electron chi connectivity index (χ0n) is 11.2. The number of benzene rings is 1. The average molecular weight is 343 g/mol. The molecule has 20 heavy (non-hydrogen) atoms. The van der Waals surface area contributed by atoms with E-state index in [-0.39, 0.29) is 13.0 Å². The van der Waals surface area contributed by atoms with Crippen LogP contribution in [0.25, 0.3) is 0 Å². The highest BCUT2D eigenvalue weighted by molar-refractivity contribution is 9.10. The Balaban J connectivity index is 2.63. The number of nitrogens with zero attached hydrogens (tertiary/aromatic N) is 2. The van der Waals surface area contributed by atoms with Gasteiger partial charge in [0.2, 0.25) is 6.43 Å². The van der Waals surface area contributed by atoms with Crippen molar-refractivity contribution in [1.82, 2.24) is 0 Å². The fourth-order valence-electron chi connectivity index (χ4n) is 2.83. The fraction of sp³-hybridized carbons (Fsp3) is 0.462. The molecule has 3 nitrogen and oxygen atoms in total. The summed E-state index contributed by atoms with van der Waals surface area (Å²) >= 11 is 3.31. The zero-order valence-corrected chi connectivity index (χ0v) is 12.8. The molecule has 1 aliphatic rings. The number of anilines is 1. The predicted octanol–water partition coefficient (Wildman–Crippen LogP) is 3.16. The summed E-state index contributed by atoms with van der Waals surface area (Å²) in [4.78, 5) is 1.61. The molecule has 7 heteroatoms. The Bertz CT molecular complexity index is 576. The van der Waals surface area contributed by atoms with Gasteiger partial charge in [-0.25, -0.2) is 8.78 Å². The molecule has 1 heterocycles. The maximum absolute atomic E-state index is 12.9. The van der Waals surface area contributed by atoms with E-state index in [0.717, 1.165) is 0 Å². The van der Waals surface area contributed by atoms with Crippen LogP contribution in [-0.2, 0) is 5.41 Å². The minimum Gasteiger partial charge on any atom is -0.432 e. The molecule has 1 N–H and O–H groups in total. The highest BCUT2D eigenvalue weighted by Gasteiger charge is 2.44. The lowest BCUT2D eigenvalue weighted by atomic mass is 9.80. The van der Waals surface area contributed by atoms with Crippen molar-refractivity contribution in [3.05, 3.63) is 27.7 Å². The summed E-state index contributed by atoms with van der Waals surface area (Å²) in [5.74, 6) is 0. The van der Waals surface area contributed by atoms with Crippen LogP contribution in [0.2, 0.25) is 6.82 Å². The summed E-state index contributed by atoms with van der Waals surface area (Å²) in [6.45, 7) is 3.59. The summed E-state index contributed by atoms with van der Waals surface area (Å²) in [6, 6.07) is 5.48. The van der Waals surface area contributed by atoms with Crippen LogP contribution in [-0.4, -0.2) is 25.0 Å². The van der Waals surface area contributed by atoms with Crippen molar-refractivity contribution in [2.45, 2.75) is 32.0 Å². The van der Waals surface area contributed by atoms with E-state index >= 15 is 0 Å². The van der Waals surface area contributed by atoms with Gasteiger partial charge in [-0.1, -0.05) is 22.9 Å². The third kappa shape index (κ3) is 2.55. The van der Waals surface area contributed by atoms with Crippen LogP contribution in [0.4, 0.5) is 14.5 Å². The zero-order chi connectivity index (χ0) is 15.1. The molecule has 2 rings (SSSR count). The second kappa shape index (κ2) is 5.34. The predicted molar refractivity (Wildman–Crippen MR) is 78.0 cm³/mol. The van der Waals surface area contributed by atoms with E-state index in [1.54, 1.807) is 30.7 Å². The molecule has 0 radical (unpaired) electrons. The molecule has 106 valence electrons. The Morgan fingerprint density at radius 3 is 2.75 bits per heavy atom. The largest absolute Gasteiger partial charge is 0.432 e. The van der Waals surface area contributed by atoms with Crippen molar-refractivity contribution in [2.24, 2.45) is 0 Å². The quantitative estimate of drug-likeness (QED) is 0.858. The number of rotatable bonds is 3. The summed E-state index contributed by atoms with van der Waals surface area (Å²) in [5.41, 5.74) is 0.849. The highest BCUT2D eigenvalue weighted by atomic mass is 79.9. The number of hydrogen-bond donors (Lipinski definition) is 1. The van der Waals surface area contributed by atoms with Crippen LogP contribution in [0.5, 0.6) is 0 Å². The van der Waals surface area contributed by atoms with E-state index in [1.807, 2.05) is 0 Å². The van der Waals surface area contributed by atoms with Gasteiger partial charge in [-0.3, -0.25) is 0 Å². The lowest BCUT2D eigenvalue weighted by Gasteiger charge is -2.26. The lowest BCUT2D eigenvalue weighted by Crippen LogP contribution is -2.40. The first kappa shape index (κ1) is 15.3. The van der Waals surface area contributed by atoms with E-state index in [2.05, 4.69) is 22.0 Å². The maximum atomic E-state index is 12.9. The molecule has 0 aliphatic carbocycles. The second-order valence-corrected chi connectivity index (χ2v) is 6.29. The van der Waals surface area contributed by atoms with Crippen LogP contribution in [0, 0.1) is 11.3 Å². The van der Waals surface area contributed by atoms with E-state index in [4.69, 9.17) is 0 Å². The van der Waals surface area contributed by atoms with E-state index in [9.17, 15) is 19.1 Å². The summed E-state index contributed by atoms with van der Waals surface area (Å²) < 4.78 is 26.4. The first-order chi connectivity index (χ1) is 9.28. The maximum Gasteiger partial charge on any atom is 0.409 e. The third-order valence-electron chi connectivity index (χ3n) is 3.71. The number of halogens is 3. The molecule has 1 unspecified atom stereocenters. The lowest BCUT2D eigenvalue weighted by molar-refractivity contribution is 0.111. The van der Waals surface area contributed by atoms with Gasteiger partial charge >= 0.3 is 7.05 Å². The van der Waals surface area contributed by atoms with E-state index in [1.165, 1.54) is 0 Å². The van der Waals surface area contributed by atoms with Crippen LogP contribution < -0.4 is 4.81 Å². The molecule has 0 bridgehead atoms. The summed E-state index contributed by atoms with van der Waals surface area (Å²) in [6.07, 6.45) is -2.74. The molecule has 0 fully saturated rings. The number of alkyl halides is 2. The molecule has 0 amide bonds. The van der Waals surface area contributed by atoms with Gasteiger partial charge < -0.3 is 9.83 Å². The van der Waals surface area contributed by atoms with Gasteiger partial charge in [-0.15, -0.1) is 0 Å². The molecular weight excluding hydrogens is 329 g/mol. The fourth-order valence-corrected chi connectivity index (χ4v) is 3.29. The van der Waals surface area contributed by atoms with Crippen LogP contribution in [0.3, 0.4) is 0 Å². The Hall–Kier alpha value is -1.13. The van der Waals surface area contributed by atoms with Crippen molar-refractivity contribution < 1.29 is 13.8 Å². The first-order valence-corrected chi connectivity index (χ1v) is 7.05. The molecular formula is C13H14BBrF2N2O. The normalized spacial score (nSPS) is 21.0. The summed E-state index contributed by atoms with van der Waals surface area (Å²) in [5, 5.41) is 19.1. The number of hydrogen-bond acceptors (Lipinski definition) is 3. The minimum absolute atomic E-state index is 0.273. The molecule has 0 saturated carbocycles. The van der Waals surface area contributed by atoms with Crippen LogP contribution in [0.15, 0.2) is 16.6 Å². The van der Waals surface area contributed by atoms with E-state index < -0.39 is 18.9 Å². The Morgan fingerprint density at radius 1 is 1.60 bits per heavy atom. The molecule has 0 saturated heterocycles. The van der Waals surface area contributed by atoms with Gasteiger partial charge in [0, 0.05) is 28.5 Å². The molecule has 1 atom stereocenters. The Kier molecular flexibility index (Phi) is 4.08. The molecule has 0 spiro atoms. The van der Waals surface area contributed by atoms with Gasteiger partial charge in [-0.2, -0.15) is 5.26 Å². The van der Waals surface area contributed by atoms with Crippen LogP contribution >= 0.6 is 15.9 Å². The summed E-state index contributed by atoms with van der Waals surface area (Å²) in [7, 11) is -0.832. The van der Waals surface area contributed by atoms with Gasteiger partial charge in [0.1, 0.15) is 6.07 Å².